The van der Waals surface area contributed by atoms with Gasteiger partial charge in [-0.15, -0.1) is 0 Å². The molecular weight excluding hydrogens is 404 g/mol. The summed E-state index contributed by atoms with van der Waals surface area (Å²) in [5, 5.41) is 2.74. The average Bonchev–Trinajstić information content (AvgIpc) is 2.72. The van der Waals surface area contributed by atoms with Crippen molar-refractivity contribution in [3.63, 3.8) is 0 Å². The van der Waals surface area contributed by atoms with Crippen molar-refractivity contribution in [1.29, 1.82) is 0 Å². The number of aromatic nitrogens is 2. The van der Waals surface area contributed by atoms with Crippen LogP contribution >= 0.6 is 0 Å². The lowest BCUT2D eigenvalue weighted by Gasteiger charge is -2.12. The number of methoxy groups -OCH3 is 1. The van der Waals surface area contributed by atoms with Crippen LogP contribution < -0.4 is 14.8 Å². The van der Waals surface area contributed by atoms with Crippen LogP contribution in [-0.2, 0) is 16.6 Å². The van der Waals surface area contributed by atoms with Gasteiger partial charge in [0.25, 0.3) is 15.9 Å². The van der Waals surface area contributed by atoms with E-state index in [1.165, 1.54) is 13.2 Å². The van der Waals surface area contributed by atoms with Crippen LogP contribution in [0.25, 0.3) is 0 Å². The minimum Gasteiger partial charge on any atom is -0.497 e. The molecule has 0 saturated carbocycles. The number of aryl methyl sites for hydroxylation is 2. The second kappa shape index (κ2) is 8.91. The molecule has 0 aliphatic carbocycles. The van der Waals surface area contributed by atoms with Gasteiger partial charge in [0.2, 0.25) is 0 Å². The van der Waals surface area contributed by atoms with Crippen LogP contribution in [0.15, 0.2) is 59.6 Å². The molecule has 9 heteroatoms. The van der Waals surface area contributed by atoms with E-state index in [1.54, 1.807) is 62.5 Å². The van der Waals surface area contributed by atoms with Gasteiger partial charge >= 0.3 is 0 Å². The smallest absolute Gasteiger partial charge is 0.262 e. The van der Waals surface area contributed by atoms with Crippen LogP contribution in [0.5, 0.6) is 5.75 Å². The molecule has 0 bridgehead atoms. The van der Waals surface area contributed by atoms with Gasteiger partial charge in [-0.1, -0.05) is 6.07 Å². The lowest BCUT2D eigenvalue weighted by molar-refractivity contribution is 0.0950. The molecule has 30 heavy (non-hydrogen) atoms. The Morgan fingerprint density at radius 1 is 1.07 bits per heavy atom. The van der Waals surface area contributed by atoms with E-state index in [4.69, 9.17) is 4.74 Å². The van der Waals surface area contributed by atoms with E-state index < -0.39 is 15.9 Å². The molecule has 0 spiro atoms. The summed E-state index contributed by atoms with van der Waals surface area (Å²) in [4.78, 5) is 20.8. The monoisotopic (exact) mass is 426 g/mol. The highest BCUT2D eigenvalue weighted by molar-refractivity contribution is 7.92. The van der Waals surface area contributed by atoms with Crippen LogP contribution in [0.3, 0.4) is 0 Å². The van der Waals surface area contributed by atoms with Gasteiger partial charge in [-0.3, -0.25) is 9.52 Å². The SMILES string of the molecule is COc1ccc(NS(=O)(=O)c2cc(C(=O)NCc3ccnc(C)n3)ccc2C)cc1. The van der Waals surface area contributed by atoms with Gasteiger partial charge in [0.15, 0.2) is 0 Å². The van der Waals surface area contributed by atoms with Crippen molar-refractivity contribution in [2.45, 2.75) is 25.3 Å². The fourth-order valence-corrected chi connectivity index (χ4v) is 4.11. The van der Waals surface area contributed by atoms with Crippen molar-refractivity contribution >= 4 is 21.6 Å². The van der Waals surface area contributed by atoms with Gasteiger partial charge in [-0.05, 0) is 61.9 Å². The van der Waals surface area contributed by atoms with Crippen LogP contribution in [-0.4, -0.2) is 31.4 Å². The maximum atomic E-state index is 12.9. The molecule has 0 radical (unpaired) electrons. The first kappa shape index (κ1) is 21.3. The van der Waals surface area contributed by atoms with Crippen LogP contribution in [0.2, 0.25) is 0 Å². The molecule has 3 rings (SSSR count). The lowest BCUT2D eigenvalue weighted by Crippen LogP contribution is -2.24. The Morgan fingerprint density at radius 2 is 1.80 bits per heavy atom. The Kier molecular flexibility index (Phi) is 6.31. The molecule has 2 aromatic carbocycles. The second-order valence-electron chi connectivity index (χ2n) is 6.59. The number of rotatable bonds is 7. The zero-order chi connectivity index (χ0) is 21.7. The predicted molar refractivity (Wildman–Crippen MR) is 113 cm³/mol. The molecule has 2 N–H and O–H groups in total. The predicted octanol–water partition coefficient (Wildman–Crippen LogP) is 2.83. The Balaban J connectivity index is 1.78. The lowest BCUT2D eigenvalue weighted by atomic mass is 10.1. The molecule has 156 valence electrons. The maximum absolute atomic E-state index is 12.9. The summed E-state index contributed by atoms with van der Waals surface area (Å²) in [5.41, 5.74) is 1.82. The van der Waals surface area contributed by atoms with E-state index >= 15 is 0 Å². The third-order valence-electron chi connectivity index (χ3n) is 4.35. The van der Waals surface area contributed by atoms with Crippen molar-refractivity contribution in [2.75, 3.05) is 11.8 Å². The Hall–Kier alpha value is -3.46. The standard InChI is InChI=1S/C21H22N4O4S/c1-14-4-5-16(21(26)23-13-18-10-11-22-15(2)24-18)12-20(14)30(27,28)25-17-6-8-19(29-3)9-7-17/h4-12,25H,13H2,1-3H3,(H,23,26). The third kappa shape index (κ3) is 5.12. The van der Waals surface area contributed by atoms with E-state index in [2.05, 4.69) is 20.0 Å². The number of carbonyl (C=O) groups is 1. The van der Waals surface area contributed by atoms with E-state index in [9.17, 15) is 13.2 Å². The molecule has 3 aromatic rings. The molecule has 0 fully saturated rings. The minimum absolute atomic E-state index is 0.0313. The van der Waals surface area contributed by atoms with Crippen molar-refractivity contribution in [3.8, 4) is 5.75 Å². The van der Waals surface area contributed by atoms with Crippen LogP contribution in [0, 0.1) is 13.8 Å². The number of nitrogens with zero attached hydrogens (tertiary/aromatic N) is 2. The second-order valence-corrected chi connectivity index (χ2v) is 8.24. The fourth-order valence-electron chi connectivity index (χ4n) is 2.78. The summed E-state index contributed by atoms with van der Waals surface area (Å²) in [6.07, 6.45) is 1.62. The number of hydrogen-bond donors (Lipinski definition) is 2. The molecule has 1 aromatic heterocycles. The van der Waals surface area contributed by atoms with E-state index in [-0.39, 0.29) is 17.0 Å². The van der Waals surface area contributed by atoms with E-state index in [0.29, 0.717) is 28.5 Å². The first-order valence-corrected chi connectivity index (χ1v) is 10.6. The maximum Gasteiger partial charge on any atom is 0.262 e. The van der Waals surface area contributed by atoms with Gasteiger partial charge in [0.1, 0.15) is 11.6 Å². The normalized spacial score (nSPS) is 11.0. The van der Waals surface area contributed by atoms with Crippen LogP contribution in [0.4, 0.5) is 5.69 Å². The van der Waals surface area contributed by atoms with Crippen molar-refractivity contribution in [2.24, 2.45) is 0 Å². The number of ether oxygens (including phenoxy) is 1. The van der Waals surface area contributed by atoms with Crippen molar-refractivity contribution in [1.82, 2.24) is 15.3 Å². The quantitative estimate of drug-likeness (QED) is 0.601. The first-order chi connectivity index (χ1) is 14.3. The molecule has 0 unspecified atom stereocenters. The zero-order valence-corrected chi connectivity index (χ0v) is 17.7. The summed E-state index contributed by atoms with van der Waals surface area (Å²) in [5.74, 6) is 0.828. The van der Waals surface area contributed by atoms with E-state index in [1.807, 2.05) is 0 Å². The summed E-state index contributed by atoms with van der Waals surface area (Å²) in [7, 11) is -2.35. The van der Waals surface area contributed by atoms with Crippen LogP contribution in [0.1, 0.15) is 27.4 Å². The fraction of sp³-hybridized carbons (Fsp3) is 0.190. The van der Waals surface area contributed by atoms with Gasteiger partial charge in [-0.25, -0.2) is 18.4 Å². The third-order valence-corrected chi connectivity index (χ3v) is 5.87. The zero-order valence-electron chi connectivity index (χ0n) is 16.8. The molecule has 0 atom stereocenters. The number of amides is 1. The van der Waals surface area contributed by atoms with Crippen molar-refractivity contribution < 1.29 is 17.9 Å². The topological polar surface area (TPSA) is 110 Å². The number of hydrogen-bond acceptors (Lipinski definition) is 6. The van der Waals surface area contributed by atoms with Gasteiger partial charge in [0, 0.05) is 17.4 Å². The number of nitrogens with one attached hydrogen (secondary N) is 2. The Morgan fingerprint density at radius 3 is 2.47 bits per heavy atom. The summed E-state index contributed by atoms with van der Waals surface area (Å²) >= 11 is 0. The Bertz CT molecular complexity index is 1160. The van der Waals surface area contributed by atoms with E-state index in [0.717, 1.165) is 0 Å². The molecule has 0 aliphatic heterocycles. The Labute approximate surface area is 175 Å². The number of carbonyl (C=O) groups excluding carboxylic acids is 1. The highest BCUT2D eigenvalue weighted by Crippen LogP contribution is 2.22. The highest BCUT2D eigenvalue weighted by Gasteiger charge is 2.19. The van der Waals surface area contributed by atoms with Crippen molar-refractivity contribution in [3.05, 3.63) is 77.4 Å². The molecule has 0 saturated heterocycles. The summed E-state index contributed by atoms with van der Waals surface area (Å²) in [6.45, 7) is 3.65. The molecular formula is C21H22N4O4S. The number of sulfonamides is 1. The molecule has 1 heterocycles. The molecule has 0 aliphatic rings. The first-order valence-electron chi connectivity index (χ1n) is 9.13. The minimum atomic E-state index is -3.88. The number of benzene rings is 2. The van der Waals surface area contributed by atoms with Gasteiger partial charge < -0.3 is 10.1 Å². The average molecular weight is 426 g/mol. The van der Waals surface area contributed by atoms with Gasteiger partial charge in [-0.2, -0.15) is 0 Å². The highest BCUT2D eigenvalue weighted by atomic mass is 32.2. The largest absolute Gasteiger partial charge is 0.497 e. The summed E-state index contributed by atoms with van der Waals surface area (Å²) < 4.78 is 33.4. The molecule has 1 amide bonds. The summed E-state index contributed by atoms with van der Waals surface area (Å²) in [6, 6.07) is 12.8. The number of anilines is 1. The van der Waals surface area contributed by atoms with Gasteiger partial charge in [0.05, 0.1) is 24.2 Å². The molecule has 8 nitrogen and oxygen atoms in total.